The summed E-state index contributed by atoms with van der Waals surface area (Å²) in [6.07, 6.45) is -1.45. The van der Waals surface area contributed by atoms with Gasteiger partial charge in [-0.25, -0.2) is 4.98 Å². The van der Waals surface area contributed by atoms with Crippen LogP contribution in [0.15, 0.2) is 48.8 Å². The monoisotopic (exact) mass is 408 g/mol. The number of amides is 2. The van der Waals surface area contributed by atoms with Gasteiger partial charge in [0, 0.05) is 23.5 Å². The molecular weight excluding hydrogens is 388 g/mol. The van der Waals surface area contributed by atoms with Gasteiger partial charge >= 0.3 is 0 Å². The first-order valence-electron chi connectivity index (χ1n) is 9.23. The second-order valence-electron chi connectivity index (χ2n) is 6.81. The summed E-state index contributed by atoms with van der Waals surface area (Å²) in [6.45, 7) is 0.477. The van der Waals surface area contributed by atoms with Gasteiger partial charge in [0.1, 0.15) is 5.84 Å². The number of rotatable bonds is 5. The molecule has 6 N–H and O–H groups in total. The summed E-state index contributed by atoms with van der Waals surface area (Å²) >= 11 is 0. The number of amidine groups is 1. The minimum atomic E-state index is -1.69. The zero-order valence-electron chi connectivity index (χ0n) is 15.8. The first-order valence-corrected chi connectivity index (χ1v) is 9.23. The molecule has 1 fully saturated rings. The molecule has 1 unspecified atom stereocenters. The first-order chi connectivity index (χ1) is 14.4. The van der Waals surface area contributed by atoms with E-state index in [2.05, 4.69) is 15.3 Å². The third-order valence-corrected chi connectivity index (χ3v) is 4.86. The molecule has 30 heavy (non-hydrogen) atoms. The summed E-state index contributed by atoms with van der Waals surface area (Å²) in [6, 6.07) is 11.6. The number of aliphatic hydroxyl groups excluding tert-OH is 1. The summed E-state index contributed by atoms with van der Waals surface area (Å²) in [5, 5.41) is 20.4. The van der Waals surface area contributed by atoms with E-state index in [4.69, 9.17) is 15.9 Å². The van der Waals surface area contributed by atoms with Crippen LogP contribution in [-0.2, 0) is 14.3 Å². The molecule has 4 rings (SSSR count). The number of benzene rings is 2. The van der Waals surface area contributed by atoms with Gasteiger partial charge in [-0.2, -0.15) is 0 Å². The van der Waals surface area contributed by atoms with E-state index in [1.165, 1.54) is 4.90 Å². The fourth-order valence-corrected chi connectivity index (χ4v) is 3.27. The molecule has 2 amide bonds. The molecule has 0 spiro atoms. The average molecular weight is 408 g/mol. The lowest BCUT2D eigenvalue weighted by Gasteiger charge is -2.34. The highest BCUT2D eigenvalue weighted by molar-refractivity contribution is 6.04. The Hall–Kier alpha value is -3.76. The van der Waals surface area contributed by atoms with Crippen molar-refractivity contribution in [2.45, 2.75) is 12.2 Å². The maximum absolute atomic E-state index is 12.9. The van der Waals surface area contributed by atoms with Gasteiger partial charge in [-0.15, -0.1) is 0 Å². The van der Waals surface area contributed by atoms with E-state index in [1.807, 2.05) is 0 Å². The Balaban J connectivity index is 1.47. The van der Waals surface area contributed by atoms with Gasteiger partial charge in [0.2, 0.25) is 0 Å². The van der Waals surface area contributed by atoms with Crippen LogP contribution in [0.2, 0.25) is 0 Å². The third kappa shape index (κ3) is 3.73. The quantitative estimate of drug-likeness (QED) is 0.307. The number of hydrogen-bond acceptors (Lipinski definition) is 6. The highest BCUT2D eigenvalue weighted by atomic mass is 16.5. The summed E-state index contributed by atoms with van der Waals surface area (Å²) in [5.74, 6) is -1.37. The van der Waals surface area contributed by atoms with Gasteiger partial charge in [0.25, 0.3) is 11.8 Å². The number of nitrogens with one attached hydrogen (secondary N) is 3. The number of nitrogens with zero attached hydrogens (tertiary/aromatic N) is 2. The van der Waals surface area contributed by atoms with Gasteiger partial charge < -0.3 is 30.8 Å². The Labute approximate surface area is 171 Å². The number of aromatic amines is 1. The predicted octanol–water partition coefficient (Wildman–Crippen LogP) is 0.578. The highest BCUT2D eigenvalue weighted by Crippen LogP contribution is 2.24. The molecule has 0 radical (unpaired) electrons. The molecule has 0 saturated carbocycles. The first kappa shape index (κ1) is 19.6. The lowest BCUT2D eigenvalue weighted by molar-refractivity contribution is -0.150. The number of carbonyl (C=O) groups is 2. The number of hydrogen-bond donors (Lipinski definition) is 5. The number of ether oxygens (including phenoxy) is 1. The Bertz CT molecular complexity index is 1110. The van der Waals surface area contributed by atoms with Crippen LogP contribution in [0.4, 0.5) is 11.4 Å². The van der Waals surface area contributed by atoms with E-state index < -0.39 is 24.0 Å². The second kappa shape index (κ2) is 7.93. The van der Waals surface area contributed by atoms with E-state index >= 15 is 0 Å². The van der Waals surface area contributed by atoms with Crippen LogP contribution in [0.1, 0.15) is 5.56 Å². The van der Waals surface area contributed by atoms with Crippen LogP contribution < -0.4 is 16.0 Å². The molecule has 1 aliphatic heterocycles. The molecule has 2 heterocycles. The topological polar surface area (TPSA) is 157 Å². The zero-order valence-corrected chi connectivity index (χ0v) is 15.8. The standard InChI is InChI=1S/C20H20N6O4/c21-18(22)11-1-3-12(4-2-11)25-19(28)16(27)17-20(29)26(7-8-30-17)13-5-6-14-15(9-13)24-10-23-14/h1-6,9-10,16-17,27H,7-8H2,(H3,21,22)(H,23,24)(H,25,28)/t16?,17-/m1/s1. The fraction of sp³-hybridized carbons (Fsp3) is 0.200. The molecule has 1 saturated heterocycles. The van der Waals surface area contributed by atoms with E-state index in [1.54, 1.807) is 48.8 Å². The van der Waals surface area contributed by atoms with Crippen LogP contribution in [0.5, 0.6) is 0 Å². The number of anilines is 2. The lowest BCUT2D eigenvalue weighted by Crippen LogP contribution is -2.55. The van der Waals surface area contributed by atoms with E-state index in [9.17, 15) is 14.7 Å². The molecular formula is C20H20N6O4. The number of morpholine rings is 1. The summed E-state index contributed by atoms with van der Waals surface area (Å²) in [4.78, 5) is 34.0. The van der Waals surface area contributed by atoms with Gasteiger partial charge in [0.05, 0.1) is 24.0 Å². The summed E-state index contributed by atoms with van der Waals surface area (Å²) in [5.41, 5.74) is 8.47. The molecule has 10 heteroatoms. The molecule has 0 bridgehead atoms. The highest BCUT2D eigenvalue weighted by Gasteiger charge is 2.39. The maximum Gasteiger partial charge on any atom is 0.259 e. The normalized spacial score (nSPS) is 17.7. The molecule has 1 aliphatic rings. The van der Waals surface area contributed by atoms with Gasteiger partial charge in [0.15, 0.2) is 12.2 Å². The third-order valence-electron chi connectivity index (χ3n) is 4.86. The van der Waals surface area contributed by atoms with Gasteiger partial charge in [-0.1, -0.05) is 0 Å². The number of imidazole rings is 1. The number of nitrogen functional groups attached to an aromatic ring is 1. The Morgan fingerprint density at radius 1 is 1.33 bits per heavy atom. The van der Waals surface area contributed by atoms with E-state index in [0.717, 1.165) is 11.0 Å². The molecule has 10 nitrogen and oxygen atoms in total. The lowest BCUT2D eigenvalue weighted by atomic mass is 10.1. The molecule has 3 aromatic rings. The predicted molar refractivity (Wildman–Crippen MR) is 110 cm³/mol. The number of carbonyl (C=O) groups excluding carboxylic acids is 2. The van der Waals surface area contributed by atoms with E-state index in [-0.39, 0.29) is 12.4 Å². The fourth-order valence-electron chi connectivity index (χ4n) is 3.27. The summed E-state index contributed by atoms with van der Waals surface area (Å²) < 4.78 is 5.42. The van der Waals surface area contributed by atoms with Crippen LogP contribution in [0.25, 0.3) is 11.0 Å². The summed E-state index contributed by atoms with van der Waals surface area (Å²) in [7, 11) is 0. The Morgan fingerprint density at radius 3 is 2.83 bits per heavy atom. The SMILES string of the molecule is N=C(N)c1ccc(NC(=O)C(O)[C@H]2OCCN(c3ccc4nc[nH]c4c3)C2=O)cc1. The number of aliphatic hydroxyl groups is 1. The molecule has 0 aliphatic carbocycles. The van der Waals surface area contributed by atoms with Crippen molar-refractivity contribution in [3.05, 3.63) is 54.4 Å². The van der Waals surface area contributed by atoms with Crippen molar-refractivity contribution in [1.29, 1.82) is 5.41 Å². The van der Waals surface area contributed by atoms with Crippen molar-refractivity contribution in [2.24, 2.45) is 5.73 Å². The van der Waals surface area contributed by atoms with Gasteiger partial charge in [-0.3, -0.25) is 15.0 Å². The van der Waals surface area contributed by atoms with Crippen molar-refractivity contribution in [1.82, 2.24) is 9.97 Å². The number of nitrogens with two attached hydrogens (primary N) is 1. The van der Waals surface area contributed by atoms with Crippen LogP contribution in [0.3, 0.4) is 0 Å². The minimum absolute atomic E-state index is 0.0949. The van der Waals surface area contributed by atoms with E-state index in [0.29, 0.717) is 23.5 Å². The average Bonchev–Trinajstić information content (AvgIpc) is 3.21. The second-order valence-corrected chi connectivity index (χ2v) is 6.81. The van der Waals surface area contributed by atoms with Crippen molar-refractivity contribution in [3.8, 4) is 0 Å². The van der Waals surface area contributed by atoms with Crippen LogP contribution >= 0.6 is 0 Å². The van der Waals surface area contributed by atoms with Crippen molar-refractivity contribution in [2.75, 3.05) is 23.4 Å². The number of aromatic nitrogens is 2. The number of fused-ring (bicyclic) bond motifs is 1. The largest absolute Gasteiger partial charge is 0.384 e. The Morgan fingerprint density at radius 2 is 2.10 bits per heavy atom. The molecule has 2 atom stereocenters. The van der Waals surface area contributed by atoms with Crippen LogP contribution in [-0.4, -0.2) is 58.1 Å². The maximum atomic E-state index is 12.9. The molecule has 154 valence electrons. The smallest absolute Gasteiger partial charge is 0.259 e. The minimum Gasteiger partial charge on any atom is -0.384 e. The molecule has 2 aromatic carbocycles. The molecule has 1 aromatic heterocycles. The van der Waals surface area contributed by atoms with Crippen LogP contribution in [0, 0.1) is 5.41 Å². The van der Waals surface area contributed by atoms with Crippen molar-refractivity contribution < 1.29 is 19.4 Å². The van der Waals surface area contributed by atoms with Gasteiger partial charge in [-0.05, 0) is 42.5 Å². The van der Waals surface area contributed by atoms with Crippen molar-refractivity contribution in [3.63, 3.8) is 0 Å². The number of H-pyrrole nitrogens is 1. The zero-order chi connectivity index (χ0) is 21.3. The van der Waals surface area contributed by atoms with Crippen molar-refractivity contribution >= 4 is 40.1 Å². The Kier molecular flexibility index (Phi) is 5.17.